The van der Waals surface area contributed by atoms with Crippen LogP contribution < -0.4 is 0 Å². The zero-order valence-electron chi connectivity index (χ0n) is 9.96. The average molecular weight is 206 g/mol. The third-order valence-corrected chi connectivity index (χ3v) is 6.74. The second kappa shape index (κ2) is 2.45. The molecule has 1 spiro atoms. The number of hydrogen-bond donors (Lipinski definition) is 0. The lowest BCUT2D eigenvalue weighted by Gasteiger charge is -2.44. The van der Waals surface area contributed by atoms with E-state index in [0.717, 1.165) is 35.7 Å². The summed E-state index contributed by atoms with van der Waals surface area (Å²) in [7, 11) is 0. The predicted molar refractivity (Wildman–Crippen MR) is 59.5 cm³/mol. The Kier molecular flexibility index (Phi) is 1.47. The highest BCUT2D eigenvalue weighted by atomic mass is 16.5. The van der Waals surface area contributed by atoms with Crippen molar-refractivity contribution in [3.63, 3.8) is 0 Å². The molecule has 4 rings (SSSR count). The summed E-state index contributed by atoms with van der Waals surface area (Å²) < 4.78 is 6.13. The number of hydrogen-bond acceptors (Lipinski definition) is 1. The summed E-state index contributed by atoms with van der Waals surface area (Å²) in [6, 6.07) is 0. The fraction of sp³-hybridized carbons (Fsp3) is 1.00. The van der Waals surface area contributed by atoms with Gasteiger partial charge in [0, 0.05) is 0 Å². The third-order valence-electron chi connectivity index (χ3n) is 6.74. The Morgan fingerprint density at radius 2 is 2.00 bits per heavy atom. The van der Waals surface area contributed by atoms with Gasteiger partial charge in [-0.3, -0.25) is 0 Å². The predicted octanol–water partition coefficient (Wildman–Crippen LogP) is 3.24. The maximum atomic E-state index is 6.13. The van der Waals surface area contributed by atoms with E-state index in [1.807, 2.05) is 0 Å². The molecule has 1 aliphatic heterocycles. The summed E-state index contributed by atoms with van der Waals surface area (Å²) in [4.78, 5) is 0. The first-order chi connectivity index (χ1) is 7.16. The molecule has 2 bridgehead atoms. The second-order valence-electron chi connectivity index (χ2n) is 6.92. The molecule has 1 saturated heterocycles. The molecular formula is C14H22O. The van der Waals surface area contributed by atoms with Crippen molar-refractivity contribution in [2.45, 2.75) is 51.6 Å². The van der Waals surface area contributed by atoms with E-state index in [2.05, 4.69) is 13.8 Å². The highest BCUT2D eigenvalue weighted by Crippen LogP contribution is 2.71. The van der Waals surface area contributed by atoms with Crippen LogP contribution in [0.25, 0.3) is 0 Å². The minimum Gasteiger partial charge on any atom is -0.375 e. The molecule has 3 aliphatic carbocycles. The van der Waals surface area contributed by atoms with E-state index < -0.39 is 0 Å². The first-order valence-corrected chi connectivity index (χ1v) is 6.80. The zero-order chi connectivity index (χ0) is 10.3. The lowest BCUT2D eigenvalue weighted by atomic mass is 9.64. The second-order valence-corrected chi connectivity index (χ2v) is 6.92. The molecule has 0 amide bonds. The summed E-state index contributed by atoms with van der Waals surface area (Å²) in [5, 5.41) is 0. The van der Waals surface area contributed by atoms with Crippen LogP contribution in [0.1, 0.15) is 46.0 Å². The van der Waals surface area contributed by atoms with Crippen molar-refractivity contribution in [2.24, 2.45) is 29.1 Å². The average Bonchev–Trinajstić information content (AvgIpc) is 2.77. The summed E-state index contributed by atoms with van der Waals surface area (Å²) in [6.45, 7) is 5.99. The van der Waals surface area contributed by atoms with Crippen LogP contribution in [0, 0.1) is 29.1 Å². The molecule has 15 heavy (non-hydrogen) atoms. The standard InChI is InChI=1S/C14H22O/c1-9-3-4-11-10-8-15-13(2)5-6-14(9,11)7-12(10)13/h9-12H,3-8H2,1-2H3/t9-,10+,11?,12-,13-,14+/m1/s1. The summed E-state index contributed by atoms with van der Waals surface area (Å²) >= 11 is 0. The van der Waals surface area contributed by atoms with Crippen LogP contribution in [-0.2, 0) is 4.74 Å². The van der Waals surface area contributed by atoms with E-state index in [9.17, 15) is 0 Å². The van der Waals surface area contributed by atoms with E-state index in [1.54, 1.807) is 0 Å². The van der Waals surface area contributed by atoms with Gasteiger partial charge < -0.3 is 4.74 Å². The van der Waals surface area contributed by atoms with E-state index in [-0.39, 0.29) is 5.60 Å². The Labute approximate surface area is 92.6 Å². The summed E-state index contributed by atoms with van der Waals surface area (Å²) in [6.07, 6.45) is 7.30. The number of ether oxygens (including phenoxy) is 1. The molecule has 0 N–H and O–H groups in total. The fourth-order valence-electron chi connectivity index (χ4n) is 5.77. The molecule has 84 valence electrons. The van der Waals surface area contributed by atoms with Crippen molar-refractivity contribution in [2.75, 3.05) is 6.61 Å². The highest BCUT2D eigenvalue weighted by Gasteiger charge is 2.67. The van der Waals surface area contributed by atoms with E-state index in [0.29, 0.717) is 0 Å². The van der Waals surface area contributed by atoms with Crippen LogP contribution in [0.2, 0.25) is 0 Å². The Bertz CT molecular complexity index is 312. The topological polar surface area (TPSA) is 9.23 Å². The Morgan fingerprint density at radius 1 is 1.13 bits per heavy atom. The smallest absolute Gasteiger partial charge is 0.0686 e. The van der Waals surface area contributed by atoms with Crippen molar-refractivity contribution in [3.8, 4) is 0 Å². The highest BCUT2D eigenvalue weighted by molar-refractivity contribution is 5.16. The molecular weight excluding hydrogens is 184 g/mol. The van der Waals surface area contributed by atoms with Crippen LogP contribution in [0.15, 0.2) is 0 Å². The van der Waals surface area contributed by atoms with Crippen LogP contribution in [0.5, 0.6) is 0 Å². The van der Waals surface area contributed by atoms with E-state index in [1.165, 1.54) is 32.1 Å². The maximum absolute atomic E-state index is 6.13. The largest absolute Gasteiger partial charge is 0.375 e. The SMILES string of the molecule is C[C@@H]1CCC2[C@@H]3CO[C@]4(C)CC[C@@]21C[C@H]34. The number of fused-ring (bicyclic) bond motifs is 1. The molecule has 0 radical (unpaired) electrons. The first-order valence-electron chi connectivity index (χ1n) is 6.80. The number of rotatable bonds is 0. The third kappa shape index (κ3) is 0.833. The molecule has 1 heteroatoms. The lowest BCUT2D eigenvalue weighted by molar-refractivity contribution is -0.0702. The van der Waals surface area contributed by atoms with Gasteiger partial charge in [-0.25, -0.2) is 0 Å². The van der Waals surface area contributed by atoms with E-state index in [4.69, 9.17) is 4.74 Å². The minimum absolute atomic E-state index is 0.278. The van der Waals surface area contributed by atoms with Crippen molar-refractivity contribution in [1.29, 1.82) is 0 Å². The van der Waals surface area contributed by atoms with Gasteiger partial charge in [-0.2, -0.15) is 0 Å². The van der Waals surface area contributed by atoms with Gasteiger partial charge in [-0.15, -0.1) is 0 Å². The van der Waals surface area contributed by atoms with Crippen molar-refractivity contribution < 1.29 is 4.74 Å². The van der Waals surface area contributed by atoms with Gasteiger partial charge in [-0.05, 0) is 68.1 Å². The van der Waals surface area contributed by atoms with Crippen molar-refractivity contribution in [1.82, 2.24) is 0 Å². The maximum Gasteiger partial charge on any atom is 0.0686 e. The molecule has 0 aromatic carbocycles. The van der Waals surface area contributed by atoms with Gasteiger partial charge in [0.2, 0.25) is 0 Å². The van der Waals surface area contributed by atoms with E-state index >= 15 is 0 Å². The minimum atomic E-state index is 0.278. The first kappa shape index (κ1) is 9.04. The van der Waals surface area contributed by atoms with Gasteiger partial charge in [-0.1, -0.05) is 6.92 Å². The molecule has 4 aliphatic rings. The normalized spacial score (nSPS) is 66.0. The molecule has 4 fully saturated rings. The molecule has 1 nitrogen and oxygen atoms in total. The Morgan fingerprint density at radius 3 is 2.87 bits per heavy atom. The molecule has 3 saturated carbocycles. The zero-order valence-corrected chi connectivity index (χ0v) is 9.96. The van der Waals surface area contributed by atoms with Gasteiger partial charge in [0.25, 0.3) is 0 Å². The van der Waals surface area contributed by atoms with Crippen LogP contribution >= 0.6 is 0 Å². The Hall–Kier alpha value is -0.0400. The quantitative estimate of drug-likeness (QED) is 0.591. The molecule has 0 aromatic rings. The fourth-order valence-corrected chi connectivity index (χ4v) is 5.77. The monoisotopic (exact) mass is 206 g/mol. The van der Waals surface area contributed by atoms with Gasteiger partial charge in [0.05, 0.1) is 12.2 Å². The van der Waals surface area contributed by atoms with Crippen molar-refractivity contribution in [3.05, 3.63) is 0 Å². The molecule has 0 aromatic heterocycles. The summed E-state index contributed by atoms with van der Waals surface area (Å²) in [5.41, 5.74) is 1.04. The van der Waals surface area contributed by atoms with Gasteiger partial charge in [0.1, 0.15) is 0 Å². The summed E-state index contributed by atoms with van der Waals surface area (Å²) in [5.74, 6) is 3.88. The van der Waals surface area contributed by atoms with Crippen molar-refractivity contribution >= 4 is 0 Å². The lowest BCUT2D eigenvalue weighted by Crippen LogP contribution is -2.41. The Balaban J connectivity index is 1.81. The molecule has 1 heterocycles. The van der Waals surface area contributed by atoms with Gasteiger partial charge >= 0.3 is 0 Å². The van der Waals surface area contributed by atoms with Crippen LogP contribution in [0.3, 0.4) is 0 Å². The van der Waals surface area contributed by atoms with Gasteiger partial charge in [0.15, 0.2) is 0 Å². The molecule has 1 unspecified atom stereocenters. The van der Waals surface area contributed by atoms with Crippen LogP contribution in [0.4, 0.5) is 0 Å². The van der Waals surface area contributed by atoms with Crippen LogP contribution in [-0.4, -0.2) is 12.2 Å². The molecule has 6 atom stereocenters.